The van der Waals surface area contributed by atoms with Gasteiger partial charge in [-0.3, -0.25) is 14.5 Å². The monoisotopic (exact) mass is 272 g/mol. The maximum absolute atomic E-state index is 12.1. The van der Waals surface area contributed by atoms with E-state index in [4.69, 9.17) is 0 Å². The maximum Gasteiger partial charge on any atom is 0.234 e. The first-order valence-corrected chi connectivity index (χ1v) is 7.31. The molecule has 1 heterocycles. The van der Waals surface area contributed by atoms with Gasteiger partial charge in [0.05, 0.1) is 5.69 Å². The maximum atomic E-state index is 12.1. The van der Waals surface area contributed by atoms with Gasteiger partial charge in [-0.2, -0.15) is 0 Å². The summed E-state index contributed by atoms with van der Waals surface area (Å²) in [4.78, 5) is 25.5. The average Bonchev–Trinajstić information content (AvgIpc) is 3.19. The molecule has 0 radical (unpaired) electrons. The van der Waals surface area contributed by atoms with Crippen molar-refractivity contribution < 1.29 is 9.59 Å². The van der Waals surface area contributed by atoms with Crippen LogP contribution in [0.4, 0.5) is 5.69 Å². The van der Waals surface area contributed by atoms with Crippen LogP contribution in [0.15, 0.2) is 24.3 Å². The largest absolute Gasteiger partial charge is 0.310 e. The number of hydrogen-bond donors (Lipinski definition) is 1. The molecule has 0 atom stereocenters. The van der Waals surface area contributed by atoms with E-state index in [0.29, 0.717) is 24.6 Å². The lowest BCUT2D eigenvalue weighted by Gasteiger charge is -2.28. The summed E-state index contributed by atoms with van der Waals surface area (Å²) in [6.07, 6.45) is 3.41. The van der Waals surface area contributed by atoms with Gasteiger partial charge >= 0.3 is 0 Å². The van der Waals surface area contributed by atoms with Crippen LogP contribution in [0.5, 0.6) is 0 Å². The Balaban J connectivity index is 1.76. The number of imide groups is 1. The van der Waals surface area contributed by atoms with Crippen LogP contribution >= 0.6 is 0 Å². The van der Waals surface area contributed by atoms with E-state index in [0.717, 1.165) is 12.1 Å². The molecule has 1 saturated heterocycles. The van der Waals surface area contributed by atoms with Crippen molar-refractivity contribution in [2.24, 2.45) is 5.92 Å². The molecule has 0 spiro atoms. The number of amides is 2. The first-order valence-electron chi connectivity index (χ1n) is 7.31. The third kappa shape index (κ3) is 2.90. The normalized spacial score (nSPS) is 20.6. The van der Waals surface area contributed by atoms with E-state index in [-0.39, 0.29) is 17.7 Å². The number of piperidine rings is 1. The molecule has 20 heavy (non-hydrogen) atoms. The molecule has 0 aromatic heterocycles. The molecule has 106 valence electrons. The Morgan fingerprint density at radius 3 is 2.55 bits per heavy atom. The molecule has 0 bridgehead atoms. The first kappa shape index (κ1) is 13.3. The first-order chi connectivity index (χ1) is 9.63. The van der Waals surface area contributed by atoms with E-state index < -0.39 is 0 Å². The van der Waals surface area contributed by atoms with Crippen molar-refractivity contribution in [2.75, 3.05) is 4.90 Å². The number of nitrogens with zero attached hydrogens (tertiary/aromatic N) is 1. The summed E-state index contributed by atoms with van der Waals surface area (Å²) in [5.41, 5.74) is 1.83. The third-order valence-corrected chi connectivity index (χ3v) is 3.89. The topological polar surface area (TPSA) is 49.4 Å². The van der Waals surface area contributed by atoms with Gasteiger partial charge < -0.3 is 5.32 Å². The molecule has 1 aliphatic carbocycles. The minimum atomic E-state index is -0.0824. The van der Waals surface area contributed by atoms with E-state index >= 15 is 0 Å². The third-order valence-electron chi connectivity index (χ3n) is 3.89. The molecule has 1 aliphatic heterocycles. The molecular formula is C16H20N2O2. The average molecular weight is 272 g/mol. The minimum absolute atomic E-state index is 0.0824. The van der Waals surface area contributed by atoms with Gasteiger partial charge in [-0.05, 0) is 36.5 Å². The molecule has 1 saturated carbocycles. The van der Waals surface area contributed by atoms with Gasteiger partial charge in [-0.15, -0.1) is 0 Å². The standard InChI is InChI=1S/C16H20N2O2/c1-11-7-15(19)18(16(20)8-11)14-4-2-3-12(9-14)10-17-13-5-6-13/h2-4,9,11,13,17H,5-8,10H2,1H3. The second kappa shape index (κ2) is 5.37. The summed E-state index contributed by atoms with van der Waals surface area (Å²) < 4.78 is 0. The minimum Gasteiger partial charge on any atom is -0.310 e. The fraction of sp³-hybridized carbons (Fsp3) is 0.500. The molecule has 2 fully saturated rings. The summed E-state index contributed by atoms with van der Waals surface area (Å²) in [5, 5.41) is 3.44. The molecule has 2 aliphatic rings. The van der Waals surface area contributed by atoms with Gasteiger partial charge in [0.2, 0.25) is 11.8 Å². The molecule has 1 N–H and O–H groups in total. The van der Waals surface area contributed by atoms with Crippen LogP contribution < -0.4 is 10.2 Å². The predicted octanol–water partition coefficient (Wildman–Crippen LogP) is 2.23. The smallest absolute Gasteiger partial charge is 0.234 e. The second-order valence-electron chi connectivity index (χ2n) is 5.96. The Bertz CT molecular complexity index is 519. The molecule has 2 amide bonds. The highest BCUT2D eigenvalue weighted by atomic mass is 16.2. The van der Waals surface area contributed by atoms with Crippen molar-refractivity contribution in [2.45, 2.75) is 45.2 Å². The zero-order chi connectivity index (χ0) is 14.1. The summed E-state index contributed by atoms with van der Waals surface area (Å²) in [6, 6.07) is 8.38. The molecule has 3 rings (SSSR count). The molecule has 4 nitrogen and oxygen atoms in total. The van der Waals surface area contributed by atoms with Crippen LogP contribution in [-0.2, 0) is 16.1 Å². The number of nitrogens with one attached hydrogen (secondary N) is 1. The quantitative estimate of drug-likeness (QED) is 0.855. The van der Waals surface area contributed by atoms with Gasteiger partial charge in [0.15, 0.2) is 0 Å². The Hall–Kier alpha value is -1.68. The van der Waals surface area contributed by atoms with E-state index in [2.05, 4.69) is 5.32 Å². The van der Waals surface area contributed by atoms with E-state index in [1.165, 1.54) is 17.7 Å². The molecular weight excluding hydrogens is 252 g/mol. The van der Waals surface area contributed by atoms with Gasteiger partial charge in [-0.1, -0.05) is 19.1 Å². The molecule has 4 heteroatoms. The summed E-state index contributed by atoms with van der Waals surface area (Å²) in [5.74, 6) is -0.00642. The van der Waals surface area contributed by atoms with Crippen molar-refractivity contribution in [3.8, 4) is 0 Å². The van der Waals surface area contributed by atoms with Crippen LogP contribution in [0.3, 0.4) is 0 Å². The van der Waals surface area contributed by atoms with Crippen LogP contribution in [0.25, 0.3) is 0 Å². The highest BCUT2D eigenvalue weighted by Crippen LogP contribution is 2.26. The number of rotatable bonds is 4. The lowest BCUT2D eigenvalue weighted by atomic mass is 9.97. The number of anilines is 1. The fourth-order valence-electron chi connectivity index (χ4n) is 2.63. The molecule has 0 unspecified atom stereocenters. The molecule has 1 aromatic rings. The highest BCUT2D eigenvalue weighted by Gasteiger charge is 2.31. The SMILES string of the molecule is CC1CC(=O)N(c2cccc(CNC3CC3)c2)C(=O)C1. The Kier molecular flexibility index (Phi) is 3.57. The Morgan fingerprint density at radius 2 is 1.90 bits per heavy atom. The van der Waals surface area contributed by atoms with Gasteiger partial charge in [-0.25, -0.2) is 0 Å². The van der Waals surface area contributed by atoms with Crippen molar-refractivity contribution in [3.05, 3.63) is 29.8 Å². The zero-order valence-corrected chi connectivity index (χ0v) is 11.8. The van der Waals surface area contributed by atoms with Crippen molar-refractivity contribution in [1.29, 1.82) is 0 Å². The highest BCUT2D eigenvalue weighted by molar-refractivity contribution is 6.16. The van der Waals surface area contributed by atoms with E-state index in [9.17, 15) is 9.59 Å². The van der Waals surface area contributed by atoms with E-state index in [1.807, 2.05) is 31.2 Å². The summed E-state index contributed by atoms with van der Waals surface area (Å²) in [6.45, 7) is 2.74. The lowest BCUT2D eigenvalue weighted by Crippen LogP contribution is -2.42. The number of benzene rings is 1. The van der Waals surface area contributed by atoms with Gasteiger partial charge in [0.25, 0.3) is 0 Å². The lowest BCUT2D eigenvalue weighted by molar-refractivity contribution is -0.130. The summed E-state index contributed by atoms with van der Waals surface area (Å²) in [7, 11) is 0. The van der Waals surface area contributed by atoms with Crippen LogP contribution in [0.2, 0.25) is 0 Å². The Morgan fingerprint density at radius 1 is 1.20 bits per heavy atom. The Labute approximate surface area is 119 Å². The van der Waals surface area contributed by atoms with Crippen LogP contribution in [0.1, 0.15) is 38.2 Å². The van der Waals surface area contributed by atoms with Crippen molar-refractivity contribution in [1.82, 2.24) is 5.32 Å². The molecule has 1 aromatic carbocycles. The van der Waals surface area contributed by atoms with Gasteiger partial charge in [0, 0.05) is 25.4 Å². The van der Waals surface area contributed by atoms with Crippen molar-refractivity contribution in [3.63, 3.8) is 0 Å². The number of hydrogen-bond acceptors (Lipinski definition) is 3. The predicted molar refractivity (Wildman–Crippen MR) is 77.2 cm³/mol. The summed E-state index contributed by atoms with van der Waals surface area (Å²) >= 11 is 0. The zero-order valence-electron chi connectivity index (χ0n) is 11.8. The van der Waals surface area contributed by atoms with Crippen molar-refractivity contribution >= 4 is 17.5 Å². The fourth-order valence-corrected chi connectivity index (χ4v) is 2.63. The number of carbonyl (C=O) groups is 2. The second-order valence-corrected chi connectivity index (χ2v) is 5.96. The van der Waals surface area contributed by atoms with Crippen LogP contribution in [-0.4, -0.2) is 17.9 Å². The van der Waals surface area contributed by atoms with E-state index in [1.54, 1.807) is 0 Å². The van der Waals surface area contributed by atoms with Crippen LogP contribution in [0, 0.1) is 5.92 Å². The number of carbonyl (C=O) groups excluding carboxylic acids is 2. The van der Waals surface area contributed by atoms with Gasteiger partial charge in [0.1, 0.15) is 0 Å².